The minimum absolute atomic E-state index is 0.145. The van der Waals surface area contributed by atoms with Crippen LogP contribution in [0, 0.1) is 0 Å². The third-order valence-electron chi connectivity index (χ3n) is 8.55. The van der Waals surface area contributed by atoms with Gasteiger partial charge in [0.05, 0.1) is 42.6 Å². The molecule has 0 saturated carbocycles. The van der Waals surface area contributed by atoms with Crippen LogP contribution in [0.15, 0.2) is 58.1 Å². The predicted molar refractivity (Wildman–Crippen MR) is 199 cm³/mol. The van der Waals surface area contributed by atoms with Gasteiger partial charge in [-0.1, -0.05) is 46.4 Å². The summed E-state index contributed by atoms with van der Waals surface area (Å²) < 4.78 is 36.4. The van der Waals surface area contributed by atoms with E-state index < -0.39 is 16.0 Å². The molecular formula is C33H22Cl4N6O5S3. The standard InChI is InChI=1S/C33H22Cl4N6O5S3/c34-17-2-4-23(21(36)13-17)42-28-19(10-15-6-9-49-30(15)28)26(40-42)32(44)38-7-1-8-39-33(45)27-20-11-16-12-25(51(46,47)48)50-31(16)29(20)43(41-27)24-5-3-18(35)14-22(24)37/h2-6,9,12-14H,1,7-8,10-11H2,(H,38,44)(H,39,45)(H,46,47,48). The van der Waals surface area contributed by atoms with Crippen molar-refractivity contribution in [3.63, 3.8) is 0 Å². The Morgan fingerprint density at radius 3 is 1.82 bits per heavy atom. The number of amides is 2. The van der Waals surface area contributed by atoms with Crippen molar-refractivity contribution in [2.45, 2.75) is 23.5 Å². The van der Waals surface area contributed by atoms with E-state index in [-0.39, 0.29) is 40.3 Å². The maximum atomic E-state index is 13.5. The second-order valence-corrected chi connectivity index (χ2v) is 17.1. The van der Waals surface area contributed by atoms with E-state index in [1.54, 1.807) is 52.4 Å². The number of carbonyl (C=O) groups is 2. The van der Waals surface area contributed by atoms with Crippen LogP contribution >= 0.6 is 69.1 Å². The largest absolute Gasteiger partial charge is 0.351 e. The van der Waals surface area contributed by atoms with Crippen LogP contribution < -0.4 is 10.6 Å². The van der Waals surface area contributed by atoms with Crippen molar-refractivity contribution < 1.29 is 22.6 Å². The molecule has 4 aromatic heterocycles. The summed E-state index contributed by atoms with van der Waals surface area (Å²) in [6.45, 7) is 0.480. The fourth-order valence-corrected chi connectivity index (χ4v) is 10.2. The highest BCUT2D eigenvalue weighted by Crippen LogP contribution is 2.47. The van der Waals surface area contributed by atoms with Crippen LogP contribution in [0.4, 0.5) is 0 Å². The van der Waals surface area contributed by atoms with E-state index in [0.29, 0.717) is 66.7 Å². The van der Waals surface area contributed by atoms with Gasteiger partial charge in [-0.2, -0.15) is 18.6 Å². The van der Waals surface area contributed by atoms with E-state index in [1.165, 1.54) is 10.7 Å². The molecule has 51 heavy (non-hydrogen) atoms. The molecule has 3 N–H and O–H groups in total. The molecular weight excluding hydrogens is 798 g/mol. The number of aromatic nitrogens is 4. The molecule has 0 radical (unpaired) electrons. The normalized spacial score (nSPS) is 12.8. The van der Waals surface area contributed by atoms with E-state index in [2.05, 4.69) is 20.8 Å². The zero-order valence-electron chi connectivity index (χ0n) is 25.8. The van der Waals surface area contributed by atoms with Gasteiger partial charge in [0.2, 0.25) is 0 Å². The first-order chi connectivity index (χ1) is 24.4. The molecule has 0 unspecified atom stereocenters. The molecule has 2 amide bonds. The van der Waals surface area contributed by atoms with Crippen molar-refractivity contribution in [1.29, 1.82) is 0 Å². The summed E-state index contributed by atoms with van der Waals surface area (Å²) in [5.74, 6) is -0.794. The van der Waals surface area contributed by atoms with E-state index in [9.17, 15) is 22.6 Å². The second-order valence-electron chi connectivity index (χ2n) is 11.8. The Labute approximate surface area is 318 Å². The Bertz CT molecular complexity index is 2560. The zero-order valence-corrected chi connectivity index (χ0v) is 31.3. The molecule has 2 aromatic carbocycles. The van der Waals surface area contributed by atoms with Gasteiger partial charge in [-0.15, -0.1) is 22.7 Å². The lowest BCUT2D eigenvalue weighted by Crippen LogP contribution is -2.31. The Hall–Kier alpha value is -3.73. The topological polar surface area (TPSA) is 148 Å². The Morgan fingerprint density at radius 1 is 0.765 bits per heavy atom. The van der Waals surface area contributed by atoms with Crippen LogP contribution in [-0.2, 0) is 23.0 Å². The highest BCUT2D eigenvalue weighted by molar-refractivity contribution is 7.88. The summed E-state index contributed by atoms with van der Waals surface area (Å²) in [7, 11) is -4.43. The molecule has 8 rings (SSSR count). The van der Waals surface area contributed by atoms with Crippen molar-refractivity contribution >= 4 is 91.0 Å². The molecule has 0 aliphatic heterocycles. The molecule has 0 bridgehead atoms. The van der Waals surface area contributed by atoms with Crippen molar-refractivity contribution in [2.24, 2.45) is 0 Å². The van der Waals surface area contributed by atoms with Crippen molar-refractivity contribution in [1.82, 2.24) is 30.2 Å². The monoisotopic (exact) mass is 818 g/mol. The van der Waals surface area contributed by atoms with E-state index in [1.807, 2.05) is 11.4 Å². The number of nitrogens with zero attached hydrogens (tertiary/aromatic N) is 4. The molecule has 0 fully saturated rings. The number of fused-ring (bicyclic) bond motifs is 6. The fourth-order valence-electron chi connectivity index (χ4n) is 6.31. The zero-order chi connectivity index (χ0) is 35.8. The SMILES string of the molecule is O=C(NCCCNC(=O)c1nn(-c2ccc(Cl)cc2Cl)c2c1Cc1cc(S(=O)(=O)O)sc1-2)c1nn(-c2ccc(Cl)cc2Cl)c2c1Cc1ccsc1-2. The van der Waals surface area contributed by atoms with Gasteiger partial charge in [0.1, 0.15) is 4.21 Å². The summed E-state index contributed by atoms with van der Waals surface area (Å²) in [5, 5.41) is 18.7. The minimum atomic E-state index is -4.43. The number of hydrogen-bond donors (Lipinski definition) is 3. The van der Waals surface area contributed by atoms with E-state index in [0.717, 1.165) is 33.0 Å². The van der Waals surface area contributed by atoms with Crippen LogP contribution in [0.25, 0.3) is 32.5 Å². The molecule has 4 heterocycles. The first-order valence-corrected chi connectivity index (χ1v) is 19.9. The Kier molecular flexibility index (Phi) is 8.79. The van der Waals surface area contributed by atoms with Gasteiger partial charge in [-0.3, -0.25) is 14.1 Å². The Morgan fingerprint density at radius 2 is 1.29 bits per heavy atom. The van der Waals surface area contributed by atoms with Gasteiger partial charge >= 0.3 is 10.1 Å². The second kappa shape index (κ2) is 13.0. The third kappa shape index (κ3) is 6.07. The van der Waals surface area contributed by atoms with Crippen molar-refractivity contribution in [3.05, 3.63) is 108 Å². The lowest BCUT2D eigenvalue weighted by atomic mass is 10.1. The molecule has 11 nitrogen and oxygen atoms in total. The summed E-state index contributed by atoms with van der Waals surface area (Å²) in [6, 6.07) is 13.4. The Balaban J connectivity index is 0.980. The molecule has 0 saturated heterocycles. The number of thiophene rings is 2. The summed E-state index contributed by atoms with van der Waals surface area (Å²) in [6.07, 6.45) is 1.21. The van der Waals surface area contributed by atoms with Gasteiger partial charge in [0.25, 0.3) is 11.8 Å². The number of halogens is 4. The molecule has 0 atom stereocenters. The van der Waals surface area contributed by atoms with Gasteiger partial charge in [-0.05, 0) is 71.5 Å². The number of rotatable bonds is 9. The summed E-state index contributed by atoms with van der Waals surface area (Å²) in [5.41, 5.74) is 6.00. The van der Waals surface area contributed by atoms with E-state index >= 15 is 0 Å². The van der Waals surface area contributed by atoms with Gasteiger partial charge in [0.15, 0.2) is 11.4 Å². The van der Waals surface area contributed by atoms with Crippen molar-refractivity contribution in [3.8, 4) is 32.5 Å². The molecule has 260 valence electrons. The minimum Gasteiger partial charge on any atom is -0.351 e. The summed E-state index contributed by atoms with van der Waals surface area (Å²) >= 11 is 27.8. The molecule has 6 aromatic rings. The predicted octanol–water partition coefficient (Wildman–Crippen LogP) is 7.73. The first kappa shape index (κ1) is 34.4. The molecule has 2 aliphatic rings. The lowest BCUT2D eigenvalue weighted by Gasteiger charge is -2.09. The average molecular weight is 821 g/mol. The average Bonchev–Trinajstić information content (AvgIpc) is 3.89. The van der Waals surface area contributed by atoms with Gasteiger partial charge in [-0.25, -0.2) is 9.36 Å². The number of carbonyl (C=O) groups excluding carboxylic acids is 2. The highest BCUT2D eigenvalue weighted by atomic mass is 35.5. The van der Waals surface area contributed by atoms with Crippen LogP contribution in [0.3, 0.4) is 0 Å². The third-order valence-corrected chi connectivity index (χ3v) is 13.1. The highest BCUT2D eigenvalue weighted by Gasteiger charge is 2.35. The number of hydrogen-bond acceptors (Lipinski definition) is 8. The van der Waals surface area contributed by atoms with Crippen LogP contribution in [-0.4, -0.2) is 57.4 Å². The number of nitrogens with one attached hydrogen (secondary N) is 2. The number of benzene rings is 2. The summed E-state index contributed by atoms with van der Waals surface area (Å²) in [4.78, 5) is 28.6. The quantitative estimate of drug-likeness (QED) is 0.0998. The van der Waals surface area contributed by atoms with Crippen molar-refractivity contribution in [2.75, 3.05) is 13.1 Å². The first-order valence-electron chi connectivity index (χ1n) is 15.3. The molecule has 18 heteroatoms. The fraction of sp³-hybridized carbons (Fsp3) is 0.152. The molecule has 2 aliphatic carbocycles. The molecule has 0 spiro atoms. The van der Waals surface area contributed by atoms with Crippen LogP contribution in [0.5, 0.6) is 0 Å². The van der Waals surface area contributed by atoms with Gasteiger partial charge in [0, 0.05) is 47.1 Å². The van der Waals surface area contributed by atoms with Gasteiger partial charge < -0.3 is 10.6 Å². The lowest BCUT2D eigenvalue weighted by molar-refractivity contribution is 0.0945. The van der Waals surface area contributed by atoms with Crippen LogP contribution in [0.2, 0.25) is 20.1 Å². The smallest absolute Gasteiger partial charge is 0.304 e. The van der Waals surface area contributed by atoms with E-state index in [4.69, 9.17) is 46.4 Å². The maximum absolute atomic E-state index is 13.5. The van der Waals surface area contributed by atoms with Crippen LogP contribution in [0.1, 0.15) is 49.7 Å². The maximum Gasteiger partial charge on any atom is 0.304 e.